The van der Waals surface area contributed by atoms with Gasteiger partial charge in [-0.2, -0.15) is 0 Å². The van der Waals surface area contributed by atoms with E-state index < -0.39 is 0 Å². The van der Waals surface area contributed by atoms with E-state index in [0.717, 1.165) is 54.5 Å². The highest BCUT2D eigenvalue weighted by Gasteiger charge is 2.20. The summed E-state index contributed by atoms with van der Waals surface area (Å²) in [5.74, 6) is 1.87. The van der Waals surface area contributed by atoms with Crippen LogP contribution in [-0.2, 0) is 0 Å². The van der Waals surface area contributed by atoms with Crippen LogP contribution in [0.3, 0.4) is 0 Å². The Hall–Kier alpha value is -6.43. The van der Waals surface area contributed by atoms with Crippen LogP contribution >= 0.6 is 11.3 Å². The van der Waals surface area contributed by atoms with Gasteiger partial charge in [0.1, 0.15) is 11.2 Å². The average molecular weight is 658 g/mol. The lowest BCUT2D eigenvalue weighted by atomic mass is 9.97. The normalized spacial score (nSPS) is 11.6. The Kier molecular flexibility index (Phi) is 6.64. The predicted octanol–water partition coefficient (Wildman–Crippen LogP) is 12.5. The molecule has 0 atom stereocenters. The number of benzene rings is 7. The van der Waals surface area contributed by atoms with Gasteiger partial charge in [-0.15, -0.1) is 11.3 Å². The molecule has 234 valence electrons. The van der Waals surface area contributed by atoms with Crippen molar-refractivity contribution in [2.75, 3.05) is 0 Å². The zero-order chi connectivity index (χ0) is 33.0. The molecule has 0 saturated heterocycles. The topological polar surface area (TPSA) is 51.8 Å². The number of hydrogen-bond acceptors (Lipinski definition) is 5. The maximum Gasteiger partial charge on any atom is 0.165 e. The Morgan fingerprint density at radius 3 is 1.74 bits per heavy atom. The Labute approximate surface area is 292 Å². The van der Waals surface area contributed by atoms with E-state index in [9.17, 15) is 0 Å². The van der Waals surface area contributed by atoms with E-state index in [0.29, 0.717) is 17.5 Å². The molecule has 4 nitrogen and oxygen atoms in total. The molecule has 3 aromatic heterocycles. The van der Waals surface area contributed by atoms with E-state index in [2.05, 4.69) is 109 Å². The van der Waals surface area contributed by atoms with Crippen molar-refractivity contribution in [2.24, 2.45) is 0 Å². The second-order valence-corrected chi connectivity index (χ2v) is 13.4. The summed E-state index contributed by atoms with van der Waals surface area (Å²) in [7, 11) is 0. The van der Waals surface area contributed by atoms with Gasteiger partial charge in [-0.1, -0.05) is 133 Å². The highest BCUT2D eigenvalue weighted by molar-refractivity contribution is 7.26. The lowest BCUT2D eigenvalue weighted by Gasteiger charge is -2.12. The van der Waals surface area contributed by atoms with Crippen LogP contribution in [0.4, 0.5) is 0 Å². The van der Waals surface area contributed by atoms with Gasteiger partial charge in [0.05, 0.1) is 0 Å². The molecular formula is C45H27N3OS. The van der Waals surface area contributed by atoms with Gasteiger partial charge in [0.15, 0.2) is 17.5 Å². The molecule has 10 rings (SSSR count). The zero-order valence-corrected chi connectivity index (χ0v) is 27.6. The van der Waals surface area contributed by atoms with Crippen molar-refractivity contribution in [3.05, 3.63) is 164 Å². The maximum absolute atomic E-state index is 6.27. The van der Waals surface area contributed by atoms with E-state index in [4.69, 9.17) is 19.4 Å². The third-order valence-corrected chi connectivity index (χ3v) is 10.6. The van der Waals surface area contributed by atoms with Crippen molar-refractivity contribution in [1.29, 1.82) is 0 Å². The lowest BCUT2D eigenvalue weighted by molar-refractivity contribution is 0.669. The predicted molar refractivity (Wildman–Crippen MR) is 207 cm³/mol. The maximum atomic E-state index is 6.27. The molecule has 0 aliphatic rings. The van der Waals surface area contributed by atoms with Crippen molar-refractivity contribution in [1.82, 2.24) is 15.0 Å². The molecule has 0 radical (unpaired) electrons. The van der Waals surface area contributed by atoms with Crippen LogP contribution in [0.25, 0.3) is 98.5 Å². The van der Waals surface area contributed by atoms with Crippen LogP contribution in [0.2, 0.25) is 0 Å². The molecule has 0 bridgehead atoms. The minimum atomic E-state index is 0.609. The van der Waals surface area contributed by atoms with Crippen LogP contribution < -0.4 is 0 Å². The second kappa shape index (κ2) is 11.6. The second-order valence-electron chi connectivity index (χ2n) is 12.4. The zero-order valence-electron chi connectivity index (χ0n) is 26.7. The van der Waals surface area contributed by atoms with E-state index in [1.165, 1.54) is 26.6 Å². The van der Waals surface area contributed by atoms with Gasteiger partial charge < -0.3 is 4.42 Å². The Bertz CT molecular complexity index is 2860. The van der Waals surface area contributed by atoms with E-state index in [1.54, 1.807) is 11.3 Å². The standard InChI is InChI=1S/C45H27N3OS/c1-3-12-28(13-4-1)29-22-24-30(25-23-29)32-26-36-33-16-8-10-21-40(33)50-42(36)37(27-32)45-47-43(31-14-5-2-6-15-31)46-44(48-45)35-18-11-20-39-41(35)34-17-7-9-19-38(34)49-39/h1-27H. The molecular weight excluding hydrogens is 631 g/mol. The number of hydrogen-bond donors (Lipinski definition) is 0. The minimum Gasteiger partial charge on any atom is -0.456 e. The minimum absolute atomic E-state index is 0.609. The first kappa shape index (κ1) is 28.6. The van der Waals surface area contributed by atoms with Gasteiger partial charge in [-0.25, -0.2) is 15.0 Å². The SMILES string of the molecule is c1ccc(-c2ccc(-c3cc(-c4nc(-c5ccccc5)nc(-c5cccc6oc7ccccc7c56)n4)c4sc5ccccc5c4c3)cc2)cc1. The number of fused-ring (bicyclic) bond motifs is 6. The first-order valence-corrected chi connectivity index (χ1v) is 17.4. The molecule has 0 saturated carbocycles. The largest absolute Gasteiger partial charge is 0.456 e. The molecule has 10 aromatic rings. The number of furan rings is 1. The first-order valence-electron chi connectivity index (χ1n) is 16.6. The molecule has 0 fully saturated rings. The third kappa shape index (κ3) is 4.79. The Balaban J connectivity index is 1.23. The number of thiophene rings is 1. The highest BCUT2D eigenvalue weighted by atomic mass is 32.1. The summed E-state index contributed by atoms with van der Waals surface area (Å²) in [5.41, 5.74) is 9.10. The molecule has 0 aliphatic heterocycles. The highest BCUT2D eigenvalue weighted by Crippen LogP contribution is 2.43. The summed E-state index contributed by atoms with van der Waals surface area (Å²) in [6, 6.07) is 56.9. The molecule has 0 N–H and O–H groups in total. The lowest BCUT2D eigenvalue weighted by Crippen LogP contribution is -2.00. The van der Waals surface area contributed by atoms with Crippen molar-refractivity contribution in [3.63, 3.8) is 0 Å². The summed E-state index contributed by atoms with van der Waals surface area (Å²) in [6.07, 6.45) is 0. The molecule has 0 unspecified atom stereocenters. The van der Waals surface area contributed by atoms with E-state index >= 15 is 0 Å². The van der Waals surface area contributed by atoms with Crippen LogP contribution in [0.1, 0.15) is 0 Å². The molecule has 7 aromatic carbocycles. The van der Waals surface area contributed by atoms with Crippen molar-refractivity contribution < 1.29 is 4.42 Å². The quantitative estimate of drug-likeness (QED) is 0.185. The number of aromatic nitrogens is 3. The summed E-state index contributed by atoms with van der Waals surface area (Å²) in [4.78, 5) is 15.6. The molecule has 0 spiro atoms. The van der Waals surface area contributed by atoms with E-state index in [1.807, 2.05) is 54.6 Å². The van der Waals surface area contributed by atoms with Gasteiger partial charge in [-0.3, -0.25) is 0 Å². The Morgan fingerprint density at radius 1 is 0.380 bits per heavy atom. The van der Waals surface area contributed by atoms with Crippen LogP contribution in [-0.4, -0.2) is 15.0 Å². The summed E-state index contributed by atoms with van der Waals surface area (Å²) in [6.45, 7) is 0. The smallest absolute Gasteiger partial charge is 0.165 e. The van der Waals surface area contributed by atoms with Crippen molar-refractivity contribution >= 4 is 53.4 Å². The summed E-state index contributed by atoms with van der Waals surface area (Å²) < 4.78 is 8.65. The van der Waals surface area contributed by atoms with Crippen LogP contribution in [0, 0.1) is 0 Å². The Morgan fingerprint density at radius 2 is 0.960 bits per heavy atom. The van der Waals surface area contributed by atoms with Crippen LogP contribution in [0.15, 0.2) is 168 Å². The van der Waals surface area contributed by atoms with Gasteiger partial charge in [0, 0.05) is 47.6 Å². The number of rotatable bonds is 5. The van der Waals surface area contributed by atoms with Crippen molar-refractivity contribution in [2.45, 2.75) is 0 Å². The van der Waals surface area contributed by atoms with Gasteiger partial charge in [-0.05, 0) is 52.6 Å². The third-order valence-electron chi connectivity index (χ3n) is 9.36. The summed E-state index contributed by atoms with van der Waals surface area (Å²) in [5, 5.41) is 4.45. The number of para-hydroxylation sites is 1. The van der Waals surface area contributed by atoms with E-state index in [-0.39, 0.29) is 0 Å². The molecule has 5 heteroatoms. The monoisotopic (exact) mass is 657 g/mol. The summed E-state index contributed by atoms with van der Waals surface area (Å²) >= 11 is 1.78. The fraction of sp³-hybridized carbons (Fsp3) is 0. The molecule has 50 heavy (non-hydrogen) atoms. The fourth-order valence-corrected chi connectivity index (χ4v) is 8.13. The van der Waals surface area contributed by atoms with Gasteiger partial charge in [0.2, 0.25) is 0 Å². The average Bonchev–Trinajstić information content (AvgIpc) is 3.77. The molecule has 3 heterocycles. The molecule has 0 aliphatic carbocycles. The number of nitrogens with zero attached hydrogens (tertiary/aromatic N) is 3. The fourth-order valence-electron chi connectivity index (χ4n) is 6.94. The molecule has 0 amide bonds. The first-order chi connectivity index (χ1) is 24.8. The van der Waals surface area contributed by atoms with Gasteiger partial charge in [0.25, 0.3) is 0 Å². The van der Waals surface area contributed by atoms with Crippen molar-refractivity contribution in [3.8, 4) is 56.4 Å². The van der Waals surface area contributed by atoms with Crippen LogP contribution in [0.5, 0.6) is 0 Å². The van der Waals surface area contributed by atoms with Gasteiger partial charge >= 0.3 is 0 Å².